The maximum atomic E-state index is 10.6. The summed E-state index contributed by atoms with van der Waals surface area (Å²) in [6.45, 7) is 3.37. The Labute approximate surface area is 231 Å². The highest BCUT2D eigenvalue weighted by atomic mass is 32.2. The minimum atomic E-state index is -0.663. The fraction of sp³-hybridized carbons (Fsp3) is 0.452. The van der Waals surface area contributed by atoms with Crippen molar-refractivity contribution in [2.75, 3.05) is 32.6 Å². The van der Waals surface area contributed by atoms with Crippen LogP contribution in [0.1, 0.15) is 67.0 Å². The van der Waals surface area contributed by atoms with Gasteiger partial charge in [0.15, 0.2) is 0 Å². The van der Waals surface area contributed by atoms with Crippen molar-refractivity contribution < 1.29 is 19.3 Å². The maximum Gasteiger partial charge on any atom is 0.227 e. The standard InChI is InChI=1S/C31H40N2O4S/c1-38-26-15-13-24(14-16-26)10-9-21-35-20-8-3-2-7-19-32-22-29(34)27-17-18-30-28(33-27)23-36-31(37-30)25-11-5-4-6-12-25/h4-6,11-18,29,31-32,34H,2-3,7-10,19-23H2,1H3. The van der Waals surface area contributed by atoms with Crippen molar-refractivity contribution in [2.45, 2.75) is 62.4 Å². The number of nitrogens with zero attached hydrogens (tertiary/aromatic N) is 1. The van der Waals surface area contributed by atoms with E-state index in [4.69, 9.17) is 14.2 Å². The Morgan fingerprint density at radius 3 is 2.58 bits per heavy atom. The molecule has 2 N–H and O–H groups in total. The molecule has 0 aliphatic carbocycles. The van der Waals surface area contributed by atoms with Crippen LogP contribution < -0.4 is 10.1 Å². The zero-order valence-electron chi connectivity index (χ0n) is 22.3. The number of aliphatic hydroxyl groups is 1. The van der Waals surface area contributed by atoms with E-state index in [2.05, 4.69) is 40.8 Å². The van der Waals surface area contributed by atoms with E-state index < -0.39 is 12.4 Å². The first kappa shape index (κ1) is 28.6. The summed E-state index contributed by atoms with van der Waals surface area (Å²) < 4.78 is 17.6. The summed E-state index contributed by atoms with van der Waals surface area (Å²) in [5.74, 6) is 0.707. The summed E-state index contributed by atoms with van der Waals surface area (Å²) in [7, 11) is 0. The van der Waals surface area contributed by atoms with Gasteiger partial charge in [-0.25, -0.2) is 4.98 Å². The Bertz CT molecular complexity index is 1080. The van der Waals surface area contributed by atoms with Gasteiger partial charge in [0, 0.05) is 30.2 Å². The van der Waals surface area contributed by atoms with E-state index in [9.17, 15) is 5.11 Å². The third kappa shape index (κ3) is 9.10. The smallest absolute Gasteiger partial charge is 0.227 e. The third-order valence-electron chi connectivity index (χ3n) is 6.62. The normalized spacial score (nSPS) is 15.6. The summed E-state index contributed by atoms with van der Waals surface area (Å²) in [6.07, 6.45) is 7.65. The number of hydrogen-bond acceptors (Lipinski definition) is 7. The second-order valence-corrected chi connectivity index (χ2v) is 10.4. The molecular weight excluding hydrogens is 496 g/mol. The molecule has 2 aromatic carbocycles. The van der Waals surface area contributed by atoms with Gasteiger partial charge in [0.25, 0.3) is 0 Å². The fourth-order valence-corrected chi connectivity index (χ4v) is 4.81. The first-order valence-corrected chi connectivity index (χ1v) is 14.9. The van der Waals surface area contributed by atoms with Crippen LogP contribution >= 0.6 is 11.8 Å². The minimum absolute atomic E-state index is 0.360. The Hall–Kier alpha value is -2.42. The predicted octanol–water partition coefficient (Wildman–Crippen LogP) is 6.24. The lowest BCUT2D eigenvalue weighted by Gasteiger charge is -2.26. The molecule has 6 nitrogen and oxygen atoms in total. The first-order chi connectivity index (χ1) is 18.7. The monoisotopic (exact) mass is 536 g/mol. The van der Waals surface area contributed by atoms with Crippen molar-refractivity contribution in [3.8, 4) is 5.75 Å². The SMILES string of the molecule is CSc1ccc(CCCOCCCCCCNCC(O)c2ccc3c(n2)COC(c2ccccc2)O3)cc1. The molecule has 0 spiro atoms. The molecule has 3 aromatic rings. The highest BCUT2D eigenvalue weighted by Crippen LogP contribution is 2.32. The molecule has 2 unspecified atom stereocenters. The quantitative estimate of drug-likeness (QED) is 0.166. The van der Waals surface area contributed by atoms with Gasteiger partial charge in [-0.15, -0.1) is 11.8 Å². The Morgan fingerprint density at radius 2 is 1.76 bits per heavy atom. The second-order valence-electron chi connectivity index (χ2n) is 9.55. The number of hydrogen-bond donors (Lipinski definition) is 2. The summed E-state index contributed by atoms with van der Waals surface area (Å²) in [4.78, 5) is 5.89. The largest absolute Gasteiger partial charge is 0.459 e. The Balaban J connectivity index is 1.01. The van der Waals surface area contributed by atoms with E-state index in [1.807, 2.05) is 42.5 Å². The van der Waals surface area contributed by atoms with Gasteiger partial charge in [0.1, 0.15) is 17.5 Å². The summed E-state index contributed by atoms with van der Waals surface area (Å²) >= 11 is 1.78. The number of aryl methyl sites for hydroxylation is 1. The molecule has 0 saturated heterocycles. The second kappa shape index (κ2) is 15.9. The molecule has 0 amide bonds. The number of thioether (sulfide) groups is 1. The van der Waals surface area contributed by atoms with Gasteiger partial charge in [-0.3, -0.25) is 0 Å². The summed E-state index contributed by atoms with van der Waals surface area (Å²) in [6, 6.07) is 22.4. The van der Waals surface area contributed by atoms with Crippen LogP contribution in [0.15, 0.2) is 71.6 Å². The van der Waals surface area contributed by atoms with Crippen molar-refractivity contribution in [3.63, 3.8) is 0 Å². The molecule has 0 bridgehead atoms. The molecule has 2 heterocycles. The molecule has 1 aromatic heterocycles. The molecule has 204 valence electrons. The lowest BCUT2D eigenvalue weighted by atomic mass is 10.1. The highest BCUT2D eigenvalue weighted by Gasteiger charge is 2.24. The molecule has 0 fully saturated rings. The lowest BCUT2D eigenvalue weighted by molar-refractivity contribution is -0.113. The zero-order valence-corrected chi connectivity index (χ0v) is 23.1. The summed E-state index contributed by atoms with van der Waals surface area (Å²) in [5, 5.41) is 13.9. The van der Waals surface area contributed by atoms with Gasteiger partial charge < -0.3 is 24.6 Å². The van der Waals surface area contributed by atoms with Crippen LogP contribution in [0.4, 0.5) is 0 Å². The van der Waals surface area contributed by atoms with Crippen molar-refractivity contribution in [1.29, 1.82) is 0 Å². The average Bonchev–Trinajstić information content (AvgIpc) is 2.97. The minimum Gasteiger partial charge on any atom is -0.459 e. The van der Waals surface area contributed by atoms with Crippen LogP contribution in [0.3, 0.4) is 0 Å². The van der Waals surface area contributed by atoms with Crippen LogP contribution in [0.5, 0.6) is 5.75 Å². The maximum absolute atomic E-state index is 10.6. The molecule has 0 radical (unpaired) electrons. The van der Waals surface area contributed by atoms with Gasteiger partial charge in [-0.1, -0.05) is 55.3 Å². The number of pyridine rings is 1. The van der Waals surface area contributed by atoms with Crippen LogP contribution in [0.2, 0.25) is 0 Å². The number of fused-ring (bicyclic) bond motifs is 1. The number of nitrogens with one attached hydrogen (secondary N) is 1. The molecule has 2 atom stereocenters. The van der Waals surface area contributed by atoms with E-state index in [0.717, 1.165) is 69.5 Å². The molecule has 4 rings (SSSR count). The number of unbranched alkanes of at least 4 members (excludes halogenated alkanes) is 3. The zero-order chi connectivity index (χ0) is 26.4. The number of benzene rings is 2. The van der Waals surface area contributed by atoms with Crippen molar-refractivity contribution in [3.05, 3.63) is 89.2 Å². The molecule has 1 aliphatic rings. The van der Waals surface area contributed by atoms with E-state index >= 15 is 0 Å². The molecule has 0 saturated carbocycles. The van der Waals surface area contributed by atoms with Gasteiger partial charge >= 0.3 is 0 Å². The third-order valence-corrected chi connectivity index (χ3v) is 7.36. The molecular formula is C31H40N2O4S. The van der Waals surface area contributed by atoms with E-state index in [0.29, 0.717) is 24.6 Å². The van der Waals surface area contributed by atoms with E-state index in [-0.39, 0.29) is 0 Å². The van der Waals surface area contributed by atoms with Crippen molar-refractivity contribution in [2.24, 2.45) is 0 Å². The van der Waals surface area contributed by atoms with Crippen LogP contribution in [-0.4, -0.2) is 42.6 Å². The number of rotatable bonds is 16. The fourth-order valence-electron chi connectivity index (χ4n) is 4.40. The van der Waals surface area contributed by atoms with Gasteiger partial charge in [-0.05, 0) is 68.3 Å². The Morgan fingerprint density at radius 1 is 0.974 bits per heavy atom. The lowest BCUT2D eigenvalue weighted by Crippen LogP contribution is -2.24. The van der Waals surface area contributed by atoms with E-state index in [1.54, 1.807) is 11.8 Å². The number of aliphatic hydroxyl groups excluding tert-OH is 1. The predicted molar refractivity (Wildman–Crippen MR) is 152 cm³/mol. The highest BCUT2D eigenvalue weighted by molar-refractivity contribution is 7.98. The number of ether oxygens (including phenoxy) is 3. The van der Waals surface area contributed by atoms with Gasteiger partial charge in [0.2, 0.25) is 6.29 Å². The average molecular weight is 537 g/mol. The van der Waals surface area contributed by atoms with E-state index in [1.165, 1.54) is 10.5 Å². The first-order valence-electron chi connectivity index (χ1n) is 13.7. The summed E-state index contributed by atoms with van der Waals surface area (Å²) in [5.41, 5.74) is 3.71. The van der Waals surface area contributed by atoms with Crippen LogP contribution in [0, 0.1) is 0 Å². The molecule has 38 heavy (non-hydrogen) atoms. The van der Waals surface area contributed by atoms with Crippen molar-refractivity contribution in [1.82, 2.24) is 10.3 Å². The Kier molecular flexibility index (Phi) is 11.9. The van der Waals surface area contributed by atoms with Crippen molar-refractivity contribution >= 4 is 11.8 Å². The topological polar surface area (TPSA) is 72.8 Å². The van der Waals surface area contributed by atoms with Gasteiger partial charge in [0.05, 0.1) is 12.3 Å². The van der Waals surface area contributed by atoms with Crippen LogP contribution in [0.25, 0.3) is 0 Å². The number of aromatic nitrogens is 1. The molecule has 1 aliphatic heterocycles. The molecule has 7 heteroatoms. The van der Waals surface area contributed by atoms with Gasteiger partial charge in [-0.2, -0.15) is 0 Å². The van der Waals surface area contributed by atoms with Crippen LogP contribution in [-0.2, 0) is 22.5 Å².